The van der Waals surface area contributed by atoms with Crippen LogP contribution in [-0.4, -0.2) is 40.8 Å². The topological polar surface area (TPSA) is 71.0 Å². The predicted octanol–water partition coefficient (Wildman–Crippen LogP) is 5.28. The van der Waals surface area contributed by atoms with Crippen molar-refractivity contribution >= 4 is 46.1 Å². The number of hydrogen-bond acceptors (Lipinski definition) is 6. The molecule has 0 spiro atoms. The summed E-state index contributed by atoms with van der Waals surface area (Å²) in [6, 6.07) is 14.1. The molecule has 0 radical (unpaired) electrons. The fourth-order valence-corrected chi connectivity index (χ4v) is 5.08. The van der Waals surface area contributed by atoms with Gasteiger partial charge in [-0.3, -0.25) is 4.79 Å². The normalized spacial score (nSPS) is 18.0. The van der Waals surface area contributed by atoms with Crippen molar-refractivity contribution in [3.63, 3.8) is 0 Å². The Labute approximate surface area is 196 Å². The first-order chi connectivity index (χ1) is 15.5. The Morgan fingerprint density at radius 3 is 2.75 bits per heavy atom. The number of thioether (sulfide) groups is 1. The molecule has 4 rings (SSSR count). The molecule has 2 aliphatic rings. The quantitative estimate of drug-likeness (QED) is 0.603. The van der Waals surface area contributed by atoms with Crippen LogP contribution in [0.5, 0.6) is 0 Å². The summed E-state index contributed by atoms with van der Waals surface area (Å²) in [5, 5.41) is 4.34. The minimum atomic E-state index is -0.341. The number of ether oxygens (including phenoxy) is 1. The van der Waals surface area contributed by atoms with Gasteiger partial charge in [0.05, 0.1) is 23.9 Å². The van der Waals surface area contributed by atoms with E-state index < -0.39 is 0 Å². The van der Waals surface area contributed by atoms with Gasteiger partial charge in [-0.2, -0.15) is 0 Å². The zero-order valence-electron chi connectivity index (χ0n) is 17.9. The van der Waals surface area contributed by atoms with E-state index in [4.69, 9.17) is 16.3 Å². The molecular formula is C24H24ClN3O3S. The summed E-state index contributed by atoms with van der Waals surface area (Å²) >= 11 is 7.70. The molecule has 32 heavy (non-hydrogen) atoms. The molecular weight excluding hydrogens is 446 g/mol. The number of halogens is 1. The van der Waals surface area contributed by atoms with Crippen molar-refractivity contribution in [2.24, 2.45) is 4.99 Å². The molecule has 166 valence electrons. The lowest BCUT2D eigenvalue weighted by Gasteiger charge is -2.40. The van der Waals surface area contributed by atoms with Crippen molar-refractivity contribution in [1.29, 1.82) is 0 Å². The van der Waals surface area contributed by atoms with Crippen LogP contribution in [0.1, 0.15) is 42.2 Å². The summed E-state index contributed by atoms with van der Waals surface area (Å²) in [6.07, 6.45) is 1.02. The fourth-order valence-electron chi connectivity index (χ4n) is 3.87. The Bertz CT molecular complexity index is 1100. The van der Waals surface area contributed by atoms with E-state index in [1.807, 2.05) is 31.2 Å². The number of benzene rings is 2. The number of nitrogens with one attached hydrogen (secondary N) is 1. The van der Waals surface area contributed by atoms with Gasteiger partial charge in [0.15, 0.2) is 5.17 Å². The van der Waals surface area contributed by atoms with Gasteiger partial charge >= 0.3 is 5.97 Å². The van der Waals surface area contributed by atoms with E-state index in [0.717, 1.165) is 29.4 Å². The number of fused-ring (bicyclic) bond motifs is 1. The summed E-state index contributed by atoms with van der Waals surface area (Å²) in [7, 11) is 0. The van der Waals surface area contributed by atoms with E-state index >= 15 is 0 Å². The van der Waals surface area contributed by atoms with Gasteiger partial charge in [0.1, 0.15) is 0 Å². The number of aliphatic imine (C=N–C) groups is 1. The second-order valence-corrected chi connectivity index (χ2v) is 9.00. The van der Waals surface area contributed by atoms with Crippen LogP contribution in [0.15, 0.2) is 64.8 Å². The number of rotatable bonds is 5. The average molecular weight is 470 g/mol. The van der Waals surface area contributed by atoms with Crippen LogP contribution in [0, 0.1) is 0 Å². The van der Waals surface area contributed by atoms with Crippen molar-refractivity contribution in [1.82, 2.24) is 4.90 Å². The Balaban J connectivity index is 1.61. The van der Waals surface area contributed by atoms with Gasteiger partial charge in [0, 0.05) is 28.6 Å². The maximum atomic E-state index is 12.8. The zero-order chi connectivity index (χ0) is 22.7. The molecule has 0 aromatic heterocycles. The van der Waals surface area contributed by atoms with Crippen molar-refractivity contribution < 1.29 is 14.3 Å². The first-order valence-corrected chi connectivity index (χ1v) is 11.9. The third-order valence-electron chi connectivity index (χ3n) is 5.32. The molecule has 2 aromatic rings. The summed E-state index contributed by atoms with van der Waals surface area (Å²) in [4.78, 5) is 32.2. The Hall–Kier alpha value is -2.77. The Kier molecular flexibility index (Phi) is 6.86. The Morgan fingerprint density at radius 1 is 1.25 bits per heavy atom. The van der Waals surface area contributed by atoms with Crippen LogP contribution in [0.25, 0.3) is 0 Å². The number of allylic oxidation sites excluding steroid dienone is 1. The third-order valence-corrected chi connectivity index (χ3v) is 6.64. The molecule has 0 bridgehead atoms. The number of esters is 1. The smallest absolute Gasteiger partial charge is 0.338 e. The highest BCUT2D eigenvalue weighted by Gasteiger charge is 2.37. The van der Waals surface area contributed by atoms with Gasteiger partial charge in [-0.05, 0) is 56.2 Å². The Morgan fingerprint density at radius 2 is 2.03 bits per heavy atom. The molecule has 2 aliphatic heterocycles. The van der Waals surface area contributed by atoms with E-state index in [9.17, 15) is 9.59 Å². The summed E-state index contributed by atoms with van der Waals surface area (Å²) in [6.45, 7) is 4.79. The number of carbonyl (C=O) groups excluding carboxylic acids is 2. The van der Waals surface area contributed by atoms with Gasteiger partial charge in [0.25, 0.3) is 5.91 Å². The number of nitrogens with zero attached hydrogens (tertiary/aromatic N) is 2. The molecule has 0 aliphatic carbocycles. The third kappa shape index (κ3) is 4.69. The molecule has 1 fully saturated rings. The molecule has 2 heterocycles. The molecule has 1 atom stereocenters. The number of hydrogen-bond donors (Lipinski definition) is 1. The van der Waals surface area contributed by atoms with Crippen LogP contribution in [0.4, 0.5) is 5.69 Å². The van der Waals surface area contributed by atoms with Crippen LogP contribution in [0.3, 0.4) is 0 Å². The van der Waals surface area contributed by atoms with Crippen molar-refractivity contribution in [2.45, 2.75) is 26.3 Å². The average Bonchev–Trinajstić information content (AvgIpc) is 2.79. The fraction of sp³-hybridized carbons (Fsp3) is 0.292. The molecule has 0 unspecified atom stereocenters. The molecule has 8 heteroatoms. The number of amidine groups is 1. The van der Waals surface area contributed by atoms with Gasteiger partial charge in [-0.1, -0.05) is 41.6 Å². The molecule has 1 saturated heterocycles. The van der Waals surface area contributed by atoms with Crippen molar-refractivity contribution in [3.8, 4) is 0 Å². The highest BCUT2D eigenvalue weighted by Crippen LogP contribution is 2.40. The molecule has 2 aromatic carbocycles. The van der Waals surface area contributed by atoms with Crippen LogP contribution >= 0.6 is 23.4 Å². The lowest BCUT2D eigenvalue weighted by molar-refractivity contribution is -0.139. The highest BCUT2D eigenvalue weighted by molar-refractivity contribution is 8.13. The van der Waals surface area contributed by atoms with Gasteiger partial charge in [0.2, 0.25) is 0 Å². The van der Waals surface area contributed by atoms with Gasteiger partial charge in [-0.25, -0.2) is 9.79 Å². The lowest BCUT2D eigenvalue weighted by Crippen LogP contribution is -2.42. The minimum Gasteiger partial charge on any atom is -0.463 e. The molecule has 1 amide bonds. The first-order valence-electron chi connectivity index (χ1n) is 10.5. The number of carbonyl (C=O) groups is 2. The SMILES string of the molecule is CCOC(=O)C1=C(C)N=C2SCCCN2[C@@H]1c1ccc(NC(=O)c2cccc(Cl)c2)cc1. The van der Waals surface area contributed by atoms with Gasteiger partial charge in [-0.15, -0.1) is 0 Å². The highest BCUT2D eigenvalue weighted by atomic mass is 35.5. The summed E-state index contributed by atoms with van der Waals surface area (Å²) in [5.74, 6) is 0.438. The number of anilines is 1. The van der Waals surface area contributed by atoms with Crippen LogP contribution in [-0.2, 0) is 9.53 Å². The monoisotopic (exact) mass is 469 g/mol. The second-order valence-electron chi connectivity index (χ2n) is 7.50. The van der Waals surface area contributed by atoms with E-state index in [1.54, 1.807) is 43.0 Å². The maximum Gasteiger partial charge on any atom is 0.338 e. The first kappa shape index (κ1) is 22.4. The van der Waals surface area contributed by atoms with Crippen LogP contribution < -0.4 is 5.32 Å². The minimum absolute atomic E-state index is 0.234. The van der Waals surface area contributed by atoms with E-state index in [1.165, 1.54) is 0 Å². The van der Waals surface area contributed by atoms with E-state index in [-0.39, 0.29) is 17.9 Å². The maximum absolute atomic E-state index is 12.8. The van der Waals surface area contributed by atoms with E-state index in [2.05, 4.69) is 15.2 Å². The zero-order valence-corrected chi connectivity index (χ0v) is 19.5. The predicted molar refractivity (Wildman–Crippen MR) is 129 cm³/mol. The summed E-state index contributed by atoms with van der Waals surface area (Å²) < 4.78 is 5.35. The molecule has 6 nitrogen and oxygen atoms in total. The van der Waals surface area contributed by atoms with Crippen molar-refractivity contribution in [2.75, 3.05) is 24.2 Å². The van der Waals surface area contributed by atoms with Gasteiger partial charge < -0.3 is 15.0 Å². The van der Waals surface area contributed by atoms with E-state index in [0.29, 0.717) is 34.2 Å². The second kappa shape index (κ2) is 9.79. The van der Waals surface area contributed by atoms with Crippen molar-refractivity contribution in [3.05, 3.63) is 76.0 Å². The molecule has 0 saturated carbocycles. The van der Waals surface area contributed by atoms with Crippen LogP contribution in [0.2, 0.25) is 5.02 Å². The molecule has 1 N–H and O–H groups in total. The standard InChI is InChI=1S/C24H24ClN3O3S/c1-3-31-23(30)20-15(2)26-24-28(12-5-13-32-24)21(20)16-8-10-19(11-9-16)27-22(29)17-6-4-7-18(25)14-17/h4,6-11,14,21H,3,5,12-13H2,1-2H3,(H,27,29)/t21-/m1/s1. The largest absolute Gasteiger partial charge is 0.463 e. The number of amides is 1. The lowest BCUT2D eigenvalue weighted by atomic mass is 9.94. The summed E-state index contributed by atoms with van der Waals surface area (Å²) in [5.41, 5.74) is 3.35.